The SMILES string of the molecule is CCN(Cc1ccccc1)c1ccc(C=NNc2ccc(S(=O)(=O)N(CC)CC)cc2[N+](=O)[O-])cc1. The highest BCUT2D eigenvalue weighted by Crippen LogP contribution is 2.29. The minimum atomic E-state index is -3.81. The molecule has 10 heteroatoms. The fourth-order valence-corrected chi connectivity index (χ4v) is 5.25. The molecule has 0 spiro atoms. The van der Waals surface area contributed by atoms with E-state index in [0.29, 0.717) is 0 Å². The van der Waals surface area contributed by atoms with Gasteiger partial charge in [0.2, 0.25) is 10.0 Å². The third-order valence-corrected chi connectivity index (χ3v) is 7.81. The molecule has 3 aromatic rings. The third kappa shape index (κ3) is 6.46. The molecule has 0 saturated heterocycles. The molecule has 0 heterocycles. The van der Waals surface area contributed by atoms with Crippen LogP contribution in [0.4, 0.5) is 17.1 Å². The van der Waals surface area contributed by atoms with Crippen LogP contribution in [0.3, 0.4) is 0 Å². The van der Waals surface area contributed by atoms with Crippen LogP contribution in [0.2, 0.25) is 0 Å². The standard InChI is InChI=1S/C26H31N5O4S/c1-4-29(20-22-10-8-7-9-11-22)23-14-12-21(13-15-23)19-27-28-25-17-16-24(18-26(25)31(32)33)36(34,35)30(5-2)6-3/h7-19,28H,4-6,20H2,1-3H3. The van der Waals surface area contributed by atoms with Gasteiger partial charge < -0.3 is 4.90 Å². The molecule has 36 heavy (non-hydrogen) atoms. The second-order valence-electron chi connectivity index (χ2n) is 7.99. The third-order valence-electron chi connectivity index (χ3n) is 5.76. The lowest BCUT2D eigenvalue weighted by Gasteiger charge is -2.23. The van der Waals surface area contributed by atoms with E-state index in [4.69, 9.17) is 0 Å². The summed E-state index contributed by atoms with van der Waals surface area (Å²) in [6.07, 6.45) is 1.56. The predicted octanol–water partition coefficient (Wildman–Crippen LogP) is 5.10. The van der Waals surface area contributed by atoms with E-state index in [1.165, 1.54) is 22.0 Å². The molecular formula is C26H31N5O4S. The zero-order valence-corrected chi connectivity index (χ0v) is 21.5. The van der Waals surface area contributed by atoms with E-state index in [2.05, 4.69) is 34.5 Å². The van der Waals surface area contributed by atoms with E-state index in [1.807, 2.05) is 42.5 Å². The van der Waals surface area contributed by atoms with Gasteiger partial charge in [-0.1, -0.05) is 56.3 Å². The zero-order valence-electron chi connectivity index (χ0n) is 20.7. The highest BCUT2D eigenvalue weighted by molar-refractivity contribution is 7.89. The van der Waals surface area contributed by atoms with Crippen molar-refractivity contribution in [1.82, 2.24) is 4.31 Å². The Labute approximate surface area is 212 Å². The number of nitrogens with one attached hydrogen (secondary N) is 1. The van der Waals surface area contributed by atoms with Crippen molar-refractivity contribution in [3.8, 4) is 0 Å². The Kier molecular flexibility index (Phi) is 9.15. The van der Waals surface area contributed by atoms with Gasteiger partial charge in [-0.3, -0.25) is 15.5 Å². The Bertz CT molecular complexity index is 1290. The molecule has 9 nitrogen and oxygen atoms in total. The van der Waals surface area contributed by atoms with Gasteiger partial charge >= 0.3 is 0 Å². The molecule has 0 aromatic heterocycles. The maximum Gasteiger partial charge on any atom is 0.295 e. The maximum absolute atomic E-state index is 12.7. The number of hydrazone groups is 1. The van der Waals surface area contributed by atoms with Crippen molar-refractivity contribution < 1.29 is 13.3 Å². The molecule has 0 aliphatic carbocycles. The number of anilines is 2. The van der Waals surface area contributed by atoms with Crippen molar-refractivity contribution in [3.63, 3.8) is 0 Å². The summed E-state index contributed by atoms with van der Waals surface area (Å²) in [7, 11) is -3.81. The molecule has 0 unspecified atom stereocenters. The van der Waals surface area contributed by atoms with E-state index in [1.54, 1.807) is 20.1 Å². The number of benzene rings is 3. The van der Waals surface area contributed by atoms with Crippen LogP contribution in [0.25, 0.3) is 0 Å². The number of nitro groups is 1. The Hall–Kier alpha value is -3.76. The van der Waals surface area contributed by atoms with E-state index in [-0.39, 0.29) is 29.4 Å². The van der Waals surface area contributed by atoms with E-state index < -0.39 is 14.9 Å². The van der Waals surface area contributed by atoms with E-state index in [0.717, 1.165) is 30.4 Å². The lowest BCUT2D eigenvalue weighted by atomic mass is 10.1. The second kappa shape index (κ2) is 12.3. The quantitative estimate of drug-likeness (QED) is 0.207. The Morgan fingerprint density at radius 3 is 2.19 bits per heavy atom. The summed E-state index contributed by atoms with van der Waals surface area (Å²) in [5.74, 6) is 0. The van der Waals surface area contributed by atoms with Gasteiger partial charge in [0, 0.05) is 37.9 Å². The summed E-state index contributed by atoms with van der Waals surface area (Å²) < 4.78 is 26.7. The van der Waals surface area contributed by atoms with Crippen LogP contribution >= 0.6 is 0 Å². The molecular weight excluding hydrogens is 478 g/mol. The molecule has 0 atom stereocenters. The zero-order chi connectivity index (χ0) is 26.1. The average molecular weight is 510 g/mol. The topological polar surface area (TPSA) is 108 Å². The second-order valence-corrected chi connectivity index (χ2v) is 9.92. The van der Waals surface area contributed by atoms with Crippen molar-refractivity contribution in [3.05, 3.63) is 94.0 Å². The molecule has 0 amide bonds. The summed E-state index contributed by atoms with van der Waals surface area (Å²) in [4.78, 5) is 13.1. The molecule has 0 fully saturated rings. The predicted molar refractivity (Wildman–Crippen MR) is 144 cm³/mol. The van der Waals surface area contributed by atoms with Crippen LogP contribution in [0.1, 0.15) is 31.9 Å². The van der Waals surface area contributed by atoms with Crippen molar-refractivity contribution >= 4 is 33.3 Å². The van der Waals surface area contributed by atoms with E-state index >= 15 is 0 Å². The van der Waals surface area contributed by atoms with Crippen LogP contribution in [-0.4, -0.2) is 43.5 Å². The first kappa shape index (κ1) is 26.8. The number of nitro benzene ring substituents is 1. The normalized spacial score (nSPS) is 11.7. The fourth-order valence-electron chi connectivity index (χ4n) is 3.77. The first-order valence-corrected chi connectivity index (χ1v) is 13.2. The Balaban J connectivity index is 1.73. The smallest absolute Gasteiger partial charge is 0.295 e. The van der Waals surface area contributed by atoms with Crippen LogP contribution < -0.4 is 10.3 Å². The molecule has 190 valence electrons. The van der Waals surface area contributed by atoms with Gasteiger partial charge in [-0.05, 0) is 42.3 Å². The summed E-state index contributed by atoms with van der Waals surface area (Å²) >= 11 is 0. The van der Waals surface area contributed by atoms with Gasteiger partial charge in [-0.2, -0.15) is 9.41 Å². The summed E-state index contributed by atoms with van der Waals surface area (Å²) in [5, 5.41) is 15.7. The molecule has 0 radical (unpaired) electrons. The summed E-state index contributed by atoms with van der Waals surface area (Å²) in [6, 6.07) is 21.9. The number of nitrogens with zero attached hydrogens (tertiary/aromatic N) is 4. The molecule has 3 aromatic carbocycles. The van der Waals surface area contributed by atoms with Crippen LogP contribution in [-0.2, 0) is 16.6 Å². The Morgan fingerprint density at radius 1 is 0.944 bits per heavy atom. The fraction of sp³-hybridized carbons (Fsp3) is 0.269. The minimum absolute atomic E-state index is 0.103. The number of hydrogen-bond donors (Lipinski definition) is 1. The minimum Gasteiger partial charge on any atom is -0.367 e. The lowest BCUT2D eigenvalue weighted by Crippen LogP contribution is -2.30. The Morgan fingerprint density at radius 2 is 1.61 bits per heavy atom. The van der Waals surface area contributed by atoms with Crippen molar-refractivity contribution in [1.29, 1.82) is 0 Å². The van der Waals surface area contributed by atoms with Gasteiger partial charge in [0.1, 0.15) is 5.69 Å². The van der Waals surface area contributed by atoms with Gasteiger partial charge in [0.15, 0.2) is 0 Å². The van der Waals surface area contributed by atoms with Crippen molar-refractivity contribution in [2.75, 3.05) is 30.0 Å². The van der Waals surface area contributed by atoms with Gasteiger partial charge in [0.05, 0.1) is 16.0 Å². The lowest BCUT2D eigenvalue weighted by molar-refractivity contribution is -0.384. The number of sulfonamides is 1. The molecule has 1 N–H and O–H groups in total. The maximum atomic E-state index is 12.7. The monoisotopic (exact) mass is 509 g/mol. The first-order chi connectivity index (χ1) is 17.3. The summed E-state index contributed by atoms with van der Waals surface area (Å²) in [6.45, 7) is 7.75. The largest absolute Gasteiger partial charge is 0.367 e. The highest BCUT2D eigenvalue weighted by Gasteiger charge is 2.25. The molecule has 0 aliphatic rings. The average Bonchev–Trinajstić information content (AvgIpc) is 2.89. The summed E-state index contributed by atoms with van der Waals surface area (Å²) in [5.41, 5.74) is 5.52. The van der Waals surface area contributed by atoms with Crippen molar-refractivity contribution in [2.24, 2.45) is 5.10 Å². The molecule has 0 saturated carbocycles. The highest BCUT2D eigenvalue weighted by atomic mass is 32.2. The first-order valence-electron chi connectivity index (χ1n) is 11.8. The molecule has 0 bridgehead atoms. The molecule has 0 aliphatic heterocycles. The number of rotatable bonds is 12. The van der Waals surface area contributed by atoms with Gasteiger partial charge in [-0.15, -0.1) is 0 Å². The van der Waals surface area contributed by atoms with Crippen LogP contribution in [0, 0.1) is 10.1 Å². The van der Waals surface area contributed by atoms with Gasteiger partial charge in [0.25, 0.3) is 5.69 Å². The molecule has 3 rings (SSSR count). The van der Waals surface area contributed by atoms with Gasteiger partial charge in [-0.25, -0.2) is 8.42 Å². The number of hydrogen-bond acceptors (Lipinski definition) is 7. The van der Waals surface area contributed by atoms with Crippen LogP contribution in [0.5, 0.6) is 0 Å². The van der Waals surface area contributed by atoms with E-state index in [9.17, 15) is 18.5 Å². The van der Waals surface area contributed by atoms with Crippen molar-refractivity contribution in [2.45, 2.75) is 32.2 Å². The van der Waals surface area contributed by atoms with Crippen LogP contribution in [0.15, 0.2) is 82.8 Å².